The van der Waals surface area contributed by atoms with Gasteiger partial charge in [0.25, 0.3) is 0 Å². The smallest absolute Gasteiger partial charge is 0.239 e. The number of hydrogen-bond donors (Lipinski definition) is 2. The van der Waals surface area contributed by atoms with Crippen molar-refractivity contribution in [2.75, 3.05) is 11.9 Å². The maximum atomic E-state index is 11.6. The van der Waals surface area contributed by atoms with E-state index in [-0.39, 0.29) is 12.5 Å². The van der Waals surface area contributed by atoms with Crippen LogP contribution in [-0.4, -0.2) is 12.5 Å². The number of nitrogens with one attached hydrogen (secondary N) is 2. The molecule has 2 rings (SSSR count). The second kappa shape index (κ2) is 6.43. The number of aryl methyl sites for hydroxylation is 1. The van der Waals surface area contributed by atoms with Gasteiger partial charge in [0.1, 0.15) is 5.76 Å². The fourth-order valence-corrected chi connectivity index (χ4v) is 1.93. The van der Waals surface area contributed by atoms with Crippen LogP contribution >= 0.6 is 15.9 Å². The molecule has 2 aromatic rings. The van der Waals surface area contributed by atoms with Gasteiger partial charge in [-0.15, -0.1) is 0 Å². The molecule has 0 unspecified atom stereocenters. The van der Waals surface area contributed by atoms with Crippen LogP contribution in [0.3, 0.4) is 0 Å². The van der Waals surface area contributed by atoms with Gasteiger partial charge in [0.05, 0.1) is 19.4 Å². The average molecular weight is 323 g/mol. The zero-order valence-corrected chi connectivity index (χ0v) is 12.2. The first-order valence-corrected chi connectivity index (χ1v) is 6.73. The first-order valence-electron chi connectivity index (χ1n) is 5.94. The number of benzene rings is 1. The Morgan fingerprint density at radius 1 is 1.37 bits per heavy atom. The fraction of sp³-hybridized carbons (Fsp3) is 0.214. The number of carbonyl (C=O) groups is 1. The van der Waals surface area contributed by atoms with Crippen LogP contribution in [0.1, 0.15) is 11.3 Å². The summed E-state index contributed by atoms with van der Waals surface area (Å²) >= 11 is 3.46. The molecule has 100 valence electrons. The molecule has 0 radical (unpaired) electrons. The molecule has 0 aliphatic rings. The van der Waals surface area contributed by atoms with Gasteiger partial charge in [-0.05, 0) is 36.8 Å². The van der Waals surface area contributed by atoms with Crippen LogP contribution in [0, 0.1) is 6.92 Å². The van der Waals surface area contributed by atoms with Gasteiger partial charge in [-0.2, -0.15) is 0 Å². The molecule has 0 aliphatic heterocycles. The van der Waals surface area contributed by atoms with Crippen LogP contribution in [0.4, 0.5) is 5.69 Å². The van der Waals surface area contributed by atoms with E-state index in [1.807, 2.05) is 31.2 Å². The molecule has 0 atom stereocenters. The van der Waals surface area contributed by atoms with E-state index >= 15 is 0 Å². The summed E-state index contributed by atoms with van der Waals surface area (Å²) in [6, 6.07) is 9.51. The second-order valence-corrected chi connectivity index (χ2v) is 5.03. The molecule has 19 heavy (non-hydrogen) atoms. The topological polar surface area (TPSA) is 54.3 Å². The van der Waals surface area contributed by atoms with E-state index in [1.165, 1.54) is 0 Å². The third-order valence-electron chi connectivity index (χ3n) is 2.66. The quantitative estimate of drug-likeness (QED) is 0.889. The Labute approximate surface area is 120 Å². The Hall–Kier alpha value is -1.75. The maximum Gasteiger partial charge on any atom is 0.239 e. The number of rotatable bonds is 5. The molecule has 0 saturated carbocycles. The van der Waals surface area contributed by atoms with Crippen LogP contribution in [0.25, 0.3) is 0 Å². The summed E-state index contributed by atoms with van der Waals surface area (Å²) in [5.41, 5.74) is 2.07. The first kappa shape index (κ1) is 13.7. The van der Waals surface area contributed by atoms with E-state index in [0.717, 1.165) is 21.5 Å². The van der Waals surface area contributed by atoms with Gasteiger partial charge in [-0.3, -0.25) is 4.79 Å². The summed E-state index contributed by atoms with van der Waals surface area (Å²) in [6.07, 6.45) is 1.59. The summed E-state index contributed by atoms with van der Waals surface area (Å²) in [5, 5.41) is 5.84. The van der Waals surface area contributed by atoms with Crippen LogP contribution in [0.5, 0.6) is 0 Å². The van der Waals surface area contributed by atoms with Crippen LogP contribution in [0.15, 0.2) is 45.5 Å². The molecule has 5 heteroatoms. The van der Waals surface area contributed by atoms with Gasteiger partial charge in [0, 0.05) is 10.2 Å². The summed E-state index contributed by atoms with van der Waals surface area (Å²) in [6.45, 7) is 2.66. The first-order chi connectivity index (χ1) is 9.15. The lowest BCUT2D eigenvalue weighted by Crippen LogP contribution is -2.29. The average Bonchev–Trinajstić information content (AvgIpc) is 2.91. The molecule has 0 bridgehead atoms. The Bertz CT molecular complexity index is 553. The monoisotopic (exact) mass is 322 g/mol. The molecule has 1 aromatic heterocycles. The highest BCUT2D eigenvalue weighted by molar-refractivity contribution is 9.10. The van der Waals surface area contributed by atoms with Crippen molar-refractivity contribution in [2.45, 2.75) is 13.5 Å². The van der Waals surface area contributed by atoms with Crippen LogP contribution < -0.4 is 10.6 Å². The predicted molar refractivity (Wildman–Crippen MR) is 77.9 cm³/mol. The minimum absolute atomic E-state index is 0.0758. The van der Waals surface area contributed by atoms with E-state index < -0.39 is 0 Å². The van der Waals surface area contributed by atoms with Crippen LogP contribution in [0.2, 0.25) is 0 Å². The Morgan fingerprint density at radius 2 is 2.21 bits per heavy atom. The van der Waals surface area contributed by atoms with Crippen molar-refractivity contribution in [3.8, 4) is 0 Å². The van der Waals surface area contributed by atoms with E-state index in [1.54, 1.807) is 12.3 Å². The highest BCUT2D eigenvalue weighted by Crippen LogP contribution is 2.20. The molecule has 1 heterocycles. The van der Waals surface area contributed by atoms with E-state index in [0.29, 0.717) is 6.54 Å². The summed E-state index contributed by atoms with van der Waals surface area (Å²) < 4.78 is 6.16. The second-order valence-electron chi connectivity index (χ2n) is 4.17. The van der Waals surface area contributed by atoms with Crippen LogP contribution in [-0.2, 0) is 11.3 Å². The van der Waals surface area contributed by atoms with Gasteiger partial charge in [0.15, 0.2) is 0 Å². The number of anilines is 1. The van der Waals surface area contributed by atoms with E-state index in [9.17, 15) is 4.79 Å². The SMILES string of the molecule is Cc1ccc(NCC(=O)NCc2ccco2)cc1Br. The Kier molecular flexibility index (Phi) is 4.63. The van der Waals surface area contributed by atoms with Gasteiger partial charge < -0.3 is 15.1 Å². The number of furan rings is 1. The number of halogens is 1. The fourth-order valence-electron chi connectivity index (χ4n) is 1.55. The maximum absolute atomic E-state index is 11.6. The van der Waals surface area contributed by atoms with Crippen molar-refractivity contribution in [3.63, 3.8) is 0 Å². The molecule has 1 amide bonds. The van der Waals surface area contributed by atoms with Crippen molar-refractivity contribution in [3.05, 3.63) is 52.4 Å². The summed E-state index contributed by atoms with van der Waals surface area (Å²) in [7, 11) is 0. The number of amides is 1. The largest absolute Gasteiger partial charge is 0.467 e. The normalized spacial score (nSPS) is 10.2. The summed E-state index contributed by atoms with van der Waals surface area (Å²) in [4.78, 5) is 11.6. The molecule has 1 aromatic carbocycles. The lowest BCUT2D eigenvalue weighted by Gasteiger charge is -2.08. The van der Waals surface area contributed by atoms with Crippen molar-refractivity contribution >= 4 is 27.5 Å². The molecule has 0 spiro atoms. The molecular weight excluding hydrogens is 308 g/mol. The number of hydrogen-bond acceptors (Lipinski definition) is 3. The lowest BCUT2D eigenvalue weighted by molar-refractivity contribution is -0.119. The molecule has 0 saturated heterocycles. The molecule has 0 aliphatic carbocycles. The van der Waals surface area contributed by atoms with Gasteiger partial charge in [-0.25, -0.2) is 0 Å². The zero-order chi connectivity index (χ0) is 13.7. The van der Waals surface area contributed by atoms with Gasteiger partial charge in [-0.1, -0.05) is 22.0 Å². The predicted octanol–water partition coefficient (Wildman–Crippen LogP) is 3.08. The highest BCUT2D eigenvalue weighted by Gasteiger charge is 2.03. The zero-order valence-electron chi connectivity index (χ0n) is 10.6. The van der Waals surface area contributed by atoms with E-state index in [2.05, 4.69) is 26.6 Å². The molecule has 4 nitrogen and oxygen atoms in total. The van der Waals surface area contributed by atoms with Crippen molar-refractivity contribution < 1.29 is 9.21 Å². The standard InChI is InChI=1S/C14H15BrN2O2/c1-10-4-5-11(7-13(10)15)16-9-14(18)17-8-12-3-2-6-19-12/h2-7,16H,8-9H2,1H3,(H,17,18). The third kappa shape index (κ3) is 4.13. The third-order valence-corrected chi connectivity index (χ3v) is 3.52. The van der Waals surface area contributed by atoms with Gasteiger partial charge >= 0.3 is 0 Å². The summed E-state index contributed by atoms with van der Waals surface area (Å²) in [5.74, 6) is 0.666. The van der Waals surface area contributed by atoms with Crippen molar-refractivity contribution in [2.24, 2.45) is 0 Å². The molecule has 2 N–H and O–H groups in total. The van der Waals surface area contributed by atoms with Gasteiger partial charge in [0.2, 0.25) is 5.91 Å². The highest BCUT2D eigenvalue weighted by atomic mass is 79.9. The lowest BCUT2D eigenvalue weighted by atomic mass is 10.2. The Morgan fingerprint density at radius 3 is 2.89 bits per heavy atom. The molecular formula is C14H15BrN2O2. The number of carbonyl (C=O) groups excluding carboxylic acids is 1. The van der Waals surface area contributed by atoms with Crippen molar-refractivity contribution in [1.82, 2.24) is 5.32 Å². The van der Waals surface area contributed by atoms with Crippen molar-refractivity contribution in [1.29, 1.82) is 0 Å². The minimum Gasteiger partial charge on any atom is -0.467 e. The Balaban J connectivity index is 1.78. The molecule has 0 fully saturated rings. The van der Waals surface area contributed by atoms with E-state index in [4.69, 9.17) is 4.42 Å². The minimum atomic E-state index is -0.0758.